The predicted octanol–water partition coefficient (Wildman–Crippen LogP) is 4.88. The minimum atomic E-state index is -0.137. The second-order valence-corrected chi connectivity index (χ2v) is 7.63. The summed E-state index contributed by atoms with van der Waals surface area (Å²) >= 11 is 0. The van der Waals surface area contributed by atoms with Gasteiger partial charge in [-0.05, 0) is 73.5 Å². The Hall–Kier alpha value is -3.38. The Morgan fingerprint density at radius 2 is 1.81 bits per heavy atom. The minimum absolute atomic E-state index is 0.0362. The van der Waals surface area contributed by atoms with Crippen LogP contribution in [0.4, 0.5) is 5.69 Å². The summed E-state index contributed by atoms with van der Waals surface area (Å²) in [7, 11) is 1.66. The molecule has 0 radical (unpaired) electrons. The van der Waals surface area contributed by atoms with Gasteiger partial charge in [0.05, 0.1) is 19.3 Å². The lowest BCUT2D eigenvalue weighted by molar-refractivity contribution is -0.122. The van der Waals surface area contributed by atoms with Crippen molar-refractivity contribution in [3.63, 3.8) is 0 Å². The van der Waals surface area contributed by atoms with Crippen LogP contribution in [0.1, 0.15) is 24.8 Å². The number of rotatable bonds is 7. The number of nitrogens with one attached hydrogen (secondary N) is 1. The molecule has 0 aliphatic carbocycles. The number of benzene rings is 2. The van der Waals surface area contributed by atoms with Crippen LogP contribution < -0.4 is 14.8 Å². The fraction of sp³-hybridized carbons (Fsp3) is 0.280. The molecule has 6 heteroatoms. The summed E-state index contributed by atoms with van der Waals surface area (Å²) in [6.07, 6.45) is 6.41. The van der Waals surface area contributed by atoms with Crippen molar-refractivity contribution in [2.75, 3.05) is 19.0 Å². The molecule has 0 saturated carbocycles. The van der Waals surface area contributed by atoms with E-state index < -0.39 is 0 Å². The number of hydrogen-bond donors (Lipinski definition) is 1. The zero-order chi connectivity index (χ0) is 21.5. The van der Waals surface area contributed by atoms with E-state index >= 15 is 0 Å². The van der Waals surface area contributed by atoms with E-state index in [0.29, 0.717) is 11.5 Å². The smallest absolute Gasteiger partial charge is 0.241 e. The Bertz CT molecular complexity index is 975. The molecular formula is C25H27N3O3. The number of methoxy groups -OCH3 is 1. The lowest BCUT2D eigenvalue weighted by Gasteiger charge is -2.34. The SMILES string of the molecule is COc1ccc(CN2CCCC[C@H]2C(=O)Nc2ccc(Oc3cccnc3)cc2)cc1. The van der Waals surface area contributed by atoms with Gasteiger partial charge >= 0.3 is 0 Å². The quantitative estimate of drug-likeness (QED) is 0.594. The number of carbonyl (C=O) groups excluding carboxylic acids is 1. The van der Waals surface area contributed by atoms with Gasteiger partial charge in [0.25, 0.3) is 0 Å². The number of likely N-dealkylation sites (tertiary alicyclic amines) is 1. The van der Waals surface area contributed by atoms with E-state index in [-0.39, 0.29) is 11.9 Å². The molecule has 1 aliphatic rings. The highest BCUT2D eigenvalue weighted by molar-refractivity contribution is 5.94. The predicted molar refractivity (Wildman–Crippen MR) is 120 cm³/mol. The molecule has 0 unspecified atom stereocenters. The van der Waals surface area contributed by atoms with E-state index in [2.05, 4.69) is 27.3 Å². The fourth-order valence-corrected chi connectivity index (χ4v) is 3.82. The van der Waals surface area contributed by atoms with E-state index in [4.69, 9.17) is 9.47 Å². The third-order valence-electron chi connectivity index (χ3n) is 5.45. The zero-order valence-electron chi connectivity index (χ0n) is 17.7. The van der Waals surface area contributed by atoms with Crippen LogP contribution in [-0.2, 0) is 11.3 Å². The van der Waals surface area contributed by atoms with Crippen molar-refractivity contribution in [2.45, 2.75) is 31.8 Å². The molecule has 1 aromatic heterocycles. The average Bonchev–Trinajstić information content (AvgIpc) is 2.82. The van der Waals surface area contributed by atoms with E-state index in [1.807, 2.05) is 48.5 Å². The lowest BCUT2D eigenvalue weighted by atomic mass is 10.00. The average molecular weight is 418 g/mol. The molecule has 2 heterocycles. The van der Waals surface area contributed by atoms with Crippen LogP contribution in [0.25, 0.3) is 0 Å². The summed E-state index contributed by atoms with van der Waals surface area (Å²) in [6, 6.07) is 19.0. The number of ether oxygens (including phenoxy) is 2. The van der Waals surface area contributed by atoms with Crippen molar-refractivity contribution >= 4 is 11.6 Å². The van der Waals surface area contributed by atoms with Crippen molar-refractivity contribution in [3.8, 4) is 17.2 Å². The van der Waals surface area contributed by atoms with Crippen LogP contribution >= 0.6 is 0 Å². The number of amides is 1. The number of carbonyl (C=O) groups is 1. The van der Waals surface area contributed by atoms with Crippen LogP contribution in [-0.4, -0.2) is 35.5 Å². The van der Waals surface area contributed by atoms with Crippen molar-refractivity contribution in [1.82, 2.24) is 9.88 Å². The van der Waals surface area contributed by atoms with Gasteiger partial charge in [0, 0.05) is 18.4 Å². The molecule has 31 heavy (non-hydrogen) atoms. The minimum Gasteiger partial charge on any atom is -0.497 e. The maximum atomic E-state index is 13.0. The normalized spacial score (nSPS) is 16.5. The molecule has 2 aromatic carbocycles. The zero-order valence-corrected chi connectivity index (χ0v) is 17.7. The van der Waals surface area contributed by atoms with E-state index in [1.54, 1.807) is 19.5 Å². The summed E-state index contributed by atoms with van der Waals surface area (Å²) in [4.78, 5) is 19.3. The van der Waals surface area contributed by atoms with Gasteiger partial charge in [-0.25, -0.2) is 0 Å². The van der Waals surface area contributed by atoms with E-state index in [9.17, 15) is 4.79 Å². The summed E-state index contributed by atoms with van der Waals surface area (Å²) in [5.41, 5.74) is 1.94. The topological polar surface area (TPSA) is 63.7 Å². The number of nitrogens with zero attached hydrogens (tertiary/aromatic N) is 2. The van der Waals surface area contributed by atoms with Crippen LogP contribution in [0, 0.1) is 0 Å². The van der Waals surface area contributed by atoms with Gasteiger partial charge in [-0.15, -0.1) is 0 Å². The Morgan fingerprint density at radius 1 is 1.03 bits per heavy atom. The molecule has 1 N–H and O–H groups in total. The summed E-state index contributed by atoms with van der Waals surface area (Å²) < 4.78 is 11.0. The van der Waals surface area contributed by atoms with E-state index in [0.717, 1.165) is 43.8 Å². The van der Waals surface area contributed by atoms with Gasteiger partial charge in [0.1, 0.15) is 17.2 Å². The highest BCUT2D eigenvalue weighted by Crippen LogP contribution is 2.24. The van der Waals surface area contributed by atoms with Gasteiger partial charge in [-0.1, -0.05) is 18.6 Å². The van der Waals surface area contributed by atoms with Crippen LogP contribution in [0.15, 0.2) is 73.1 Å². The molecule has 1 aliphatic heterocycles. The first-order valence-corrected chi connectivity index (χ1v) is 10.6. The molecule has 4 rings (SSSR count). The Kier molecular flexibility index (Phi) is 6.79. The molecular weight excluding hydrogens is 390 g/mol. The fourth-order valence-electron chi connectivity index (χ4n) is 3.82. The van der Waals surface area contributed by atoms with Gasteiger partial charge in [0.2, 0.25) is 5.91 Å². The van der Waals surface area contributed by atoms with E-state index in [1.165, 1.54) is 5.56 Å². The molecule has 0 spiro atoms. The van der Waals surface area contributed by atoms with Crippen molar-refractivity contribution in [3.05, 3.63) is 78.6 Å². The third kappa shape index (κ3) is 5.61. The molecule has 0 bridgehead atoms. The highest BCUT2D eigenvalue weighted by Gasteiger charge is 2.28. The number of aromatic nitrogens is 1. The van der Waals surface area contributed by atoms with Crippen LogP contribution in [0.3, 0.4) is 0 Å². The summed E-state index contributed by atoms with van der Waals surface area (Å²) in [5.74, 6) is 2.25. The molecule has 6 nitrogen and oxygen atoms in total. The molecule has 1 amide bonds. The first-order valence-electron chi connectivity index (χ1n) is 10.6. The second-order valence-electron chi connectivity index (χ2n) is 7.63. The highest BCUT2D eigenvalue weighted by atomic mass is 16.5. The summed E-state index contributed by atoms with van der Waals surface area (Å²) in [6.45, 7) is 1.67. The van der Waals surface area contributed by atoms with Gasteiger partial charge in [-0.2, -0.15) is 0 Å². The first-order chi connectivity index (χ1) is 15.2. The largest absolute Gasteiger partial charge is 0.497 e. The Labute approximate surface area is 182 Å². The van der Waals surface area contributed by atoms with Crippen molar-refractivity contribution < 1.29 is 14.3 Å². The standard InChI is InChI=1S/C25H27N3O3/c1-30-21-11-7-19(8-12-21)18-28-16-3-2-6-24(28)25(29)27-20-9-13-22(14-10-20)31-23-5-4-15-26-17-23/h4-5,7-15,17,24H,2-3,6,16,18H2,1H3,(H,27,29)/t24-/m0/s1. The molecule has 1 saturated heterocycles. The lowest BCUT2D eigenvalue weighted by Crippen LogP contribution is -2.46. The van der Waals surface area contributed by atoms with Crippen LogP contribution in [0.2, 0.25) is 0 Å². The number of pyridine rings is 1. The number of anilines is 1. The number of hydrogen-bond acceptors (Lipinski definition) is 5. The Morgan fingerprint density at radius 3 is 2.52 bits per heavy atom. The monoisotopic (exact) mass is 417 g/mol. The third-order valence-corrected chi connectivity index (χ3v) is 5.45. The van der Waals surface area contributed by atoms with Crippen molar-refractivity contribution in [2.24, 2.45) is 0 Å². The first kappa shape index (κ1) is 20.9. The molecule has 160 valence electrons. The molecule has 3 aromatic rings. The van der Waals surface area contributed by atoms with Crippen LogP contribution in [0.5, 0.6) is 17.2 Å². The summed E-state index contributed by atoms with van der Waals surface area (Å²) in [5, 5.41) is 3.07. The maximum Gasteiger partial charge on any atom is 0.241 e. The molecule has 1 fully saturated rings. The Balaban J connectivity index is 1.37. The van der Waals surface area contributed by atoms with Crippen molar-refractivity contribution in [1.29, 1.82) is 0 Å². The molecule has 1 atom stereocenters. The van der Waals surface area contributed by atoms with Gasteiger partial charge in [0.15, 0.2) is 0 Å². The number of piperidine rings is 1. The van der Waals surface area contributed by atoms with Gasteiger partial charge in [-0.3, -0.25) is 14.7 Å². The second kappa shape index (κ2) is 10.1. The maximum absolute atomic E-state index is 13.0. The van der Waals surface area contributed by atoms with Gasteiger partial charge < -0.3 is 14.8 Å².